The van der Waals surface area contributed by atoms with Crippen molar-refractivity contribution < 1.29 is 0 Å². The van der Waals surface area contributed by atoms with Gasteiger partial charge in [-0.25, -0.2) is 4.99 Å². The zero-order valence-electron chi connectivity index (χ0n) is 7.62. The summed E-state index contributed by atoms with van der Waals surface area (Å²) >= 11 is 0. The second kappa shape index (κ2) is 2.77. The zero-order chi connectivity index (χ0) is 8.55. The molecule has 0 aromatic carbocycles. The fourth-order valence-corrected chi connectivity index (χ4v) is 1.71. The van der Waals surface area contributed by atoms with Gasteiger partial charge in [0.15, 0.2) is 0 Å². The number of rotatable bonds is 1. The molecule has 0 bridgehead atoms. The SMILES string of the molecule is CCC1=CC[C@@H]2C(=C1)N=CN2C. The second-order valence-corrected chi connectivity index (χ2v) is 3.36. The number of hydrogen-bond acceptors (Lipinski definition) is 2. The van der Waals surface area contributed by atoms with Gasteiger partial charge in [0.1, 0.15) is 0 Å². The number of fused-ring (bicyclic) bond motifs is 1. The molecule has 1 heterocycles. The maximum Gasteiger partial charge on any atom is 0.0912 e. The molecule has 2 aliphatic rings. The lowest BCUT2D eigenvalue weighted by molar-refractivity contribution is 0.440. The van der Waals surface area contributed by atoms with E-state index >= 15 is 0 Å². The van der Waals surface area contributed by atoms with E-state index in [0.717, 1.165) is 12.8 Å². The van der Waals surface area contributed by atoms with Crippen LogP contribution in [0.1, 0.15) is 19.8 Å². The molecule has 0 unspecified atom stereocenters. The van der Waals surface area contributed by atoms with Crippen molar-refractivity contribution in [2.75, 3.05) is 7.05 Å². The van der Waals surface area contributed by atoms with E-state index in [-0.39, 0.29) is 0 Å². The molecule has 0 saturated carbocycles. The molecule has 0 aromatic heterocycles. The molecule has 0 saturated heterocycles. The third-order valence-electron chi connectivity index (χ3n) is 2.57. The predicted molar refractivity (Wildman–Crippen MR) is 51.1 cm³/mol. The van der Waals surface area contributed by atoms with Gasteiger partial charge in [0, 0.05) is 7.05 Å². The Balaban J connectivity index is 2.23. The average molecular weight is 162 g/mol. The van der Waals surface area contributed by atoms with Gasteiger partial charge in [0.05, 0.1) is 18.1 Å². The molecule has 0 fully saturated rings. The van der Waals surface area contributed by atoms with E-state index in [0.29, 0.717) is 6.04 Å². The summed E-state index contributed by atoms with van der Waals surface area (Å²) in [7, 11) is 2.08. The monoisotopic (exact) mass is 162 g/mol. The van der Waals surface area contributed by atoms with E-state index in [1.807, 2.05) is 6.34 Å². The molecule has 1 atom stereocenters. The Morgan fingerprint density at radius 1 is 1.67 bits per heavy atom. The Bertz CT molecular complexity index is 274. The Morgan fingerprint density at radius 2 is 2.50 bits per heavy atom. The molecule has 1 aliphatic carbocycles. The number of nitrogens with zero attached hydrogens (tertiary/aromatic N) is 2. The first kappa shape index (κ1) is 7.59. The normalized spacial score (nSPS) is 26.8. The molecule has 2 heteroatoms. The summed E-state index contributed by atoms with van der Waals surface area (Å²) in [6.07, 6.45) is 8.69. The smallest absolute Gasteiger partial charge is 0.0912 e. The third-order valence-corrected chi connectivity index (χ3v) is 2.57. The summed E-state index contributed by atoms with van der Waals surface area (Å²) in [6.45, 7) is 2.19. The number of aliphatic imine (C=N–C) groups is 1. The fourth-order valence-electron chi connectivity index (χ4n) is 1.71. The molecule has 0 radical (unpaired) electrons. The van der Waals surface area contributed by atoms with Gasteiger partial charge in [-0.1, -0.05) is 18.6 Å². The van der Waals surface area contributed by atoms with Crippen molar-refractivity contribution in [1.29, 1.82) is 0 Å². The van der Waals surface area contributed by atoms with Crippen LogP contribution >= 0.6 is 0 Å². The van der Waals surface area contributed by atoms with Crippen LogP contribution in [-0.2, 0) is 0 Å². The molecule has 0 N–H and O–H groups in total. The number of allylic oxidation sites excluding steroid dienone is 2. The largest absolute Gasteiger partial charge is 0.357 e. The Morgan fingerprint density at radius 3 is 3.25 bits per heavy atom. The summed E-state index contributed by atoms with van der Waals surface area (Å²) < 4.78 is 0. The van der Waals surface area contributed by atoms with E-state index in [9.17, 15) is 0 Å². The maximum absolute atomic E-state index is 4.36. The van der Waals surface area contributed by atoms with Gasteiger partial charge in [-0.3, -0.25) is 0 Å². The quantitative estimate of drug-likeness (QED) is 0.575. The minimum Gasteiger partial charge on any atom is -0.357 e. The van der Waals surface area contributed by atoms with Crippen molar-refractivity contribution >= 4 is 6.34 Å². The summed E-state index contributed by atoms with van der Waals surface area (Å²) in [5.41, 5.74) is 2.66. The number of likely N-dealkylation sites (N-methyl/N-ethyl adjacent to an activating group) is 1. The second-order valence-electron chi connectivity index (χ2n) is 3.36. The van der Waals surface area contributed by atoms with Crippen molar-refractivity contribution in [3.05, 3.63) is 23.4 Å². The van der Waals surface area contributed by atoms with Crippen LogP contribution in [0.15, 0.2) is 28.4 Å². The van der Waals surface area contributed by atoms with Crippen LogP contribution in [0.2, 0.25) is 0 Å². The van der Waals surface area contributed by atoms with E-state index in [4.69, 9.17) is 0 Å². The maximum atomic E-state index is 4.36. The van der Waals surface area contributed by atoms with Gasteiger partial charge in [-0.05, 0) is 18.9 Å². The van der Waals surface area contributed by atoms with Crippen molar-refractivity contribution in [3.8, 4) is 0 Å². The highest BCUT2D eigenvalue weighted by atomic mass is 15.2. The van der Waals surface area contributed by atoms with Crippen LogP contribution in [0.25, 0.3) is 0 Å². The van der Waals surface area contributed by atoms with Gasteiger partial charge < -0.3 is 4.90 Å². The van der Waals surface area contributed by atoms with Crippen molar-refractivity contribution in [2.45, 2.75) is 25.8 Å². The molecule has 2 rings (SSSR count). The number of hydrogen-bond donors (Lipinski definition) is 0. The topological polar surface area (TPSA) is 15.6 Å². The molecular weight excluding hydrogens is 148 g/mol. The van der Waals surface area contributed by atoms with Gasteiger partial charge in [-0.15, -0.1) is 0 Å². The van der Waals surface area contributed by atoms with Crippen LogP contribution in [-0.4, -0.2) is 24.3 Å². The highest BCUT2D eigenvalue weighted by Crippen LogP contribution is 2.26. The molecule has 0 amide bonds. The van der Waals surface area contributed by atoms with Crippen LogP contribution in [0.5, 0.6) is 0 Å². The summed E-state index contributed by atoms with van der Waals surface area (Å²) in [4.78, 5) is 6.53. The summed E-state index contributed by atoms with van der Waals surface area (Å²) in [6, 6.07) is 0.514. The van der Waals surface area contributed by atoms with Crippen LogP contribution in [0, 0.1) is 0 Å². The predicted octanol–water partition coefficient (Wildman–Crippen LogP) is 1.95. The van der Waals surface area contributed by atoms with E-state index in [2.05, 4.69) is 36.0 Å². The van der Waals surface area contributed by atoms with Gasteiger partial charge >= 0.3 is 0 Å². The Labute approximate surface area is 73.3 Å². The highest BCUT2D eigenvalue weighted by molar-refractivity contribution is 5.63. The molecule has 0 aromatic rings. The van der Waals surface area contributed by atoms with Gasteiger partial charge in [0.2, 0.25) is 0 Å². The van der Waals surface area contributed by atoms with Crippen LogP contribution in [0.3, 0.4) is 0 Å². The highest BCUT2D eigenvalue weighted by Gasteiger charge is 2.23. The average Bonchev–Trinajstić information content (AvgIpc) is 2.47. The molecule has 0 spiro atoms. The molecule has 1 aliphatic heterocycles. The molecule has 12 heavy (non-hydrogen) atoms. The first-order valence-corrected chi connectivity index (χ1v) is 4.48. The standard InChI is InChI=1S/C10H14N2/c1-3-8-4-5-10-9(6-8)11-7-12(10)2/h4,6-7,10H,3,5H2,1-2H3/t10-/m1/s1. The summed E-state index contributed by atoms with van der Waals surface area (Å²) in [5.74, 6) is 0. The first-order chi connectivity index (χ1) is 5.81. The van der Waals surface area contributed by atoms with E-state index in [1.54, 1.807) is 0 Å². The third kappa shape index (κ3) is 1.07. The first-order valence-electron chi connectivity index (χ1n) is 4.48. The Hall–Kier alpha value is -1.05. The molecular formula is C10H14N2. The summed E-state index contributed by atoms with van der Waals surface area (Å²) in [5, 5.41) is 0. The van der Waals surface area contributed by atoms with Crippen molar-refractivity contribution in [3.63, 3.8) is 0 Å². The van der Waals surface area contributed by atoms with Gasteiger partial charge in [-0.2, -0.15) is 0 Å². The lowest BCUT2D eigenvalue weighted by Gasteiger charge is -2.22. The zero-order valence-corrected chi connectivity index (χ0v) is 7.62. The van der Waals surface area contributed by atoms with Gasteiger partial charge in [0.25, 0.3) is 0 Å². The Kier molecular flexibility index (Phi) is 1.75. The van der Waals surface area contributed by atoms with Crippen molar-refractivity contribution in [2.24, 2.45) is 4.99 Å². The fraction of sp³-hybridized carbons (Fsp3) is 0.500. The molecule has 64 valence electrons. The van der Waals surface area contributed by atoms with E-state index in [1.165, 1.54) is 11.3 Å². The van der Waals surface area contributed by atoms with Crippen molar-refractivity contribution in [1.82, 2.24) is 4.90 Å². The van der Waals surface area contributed by atoms with Crippen LogP contribution in [0.4, 0.5) is 0 Å². The lowest BCUT2D eigenvalue weighted by Crippen LogP contribution is -2.27. The van der Waals surface area contributed by atoms with Crippen LogP contribution < -0.4 is 0 Å². The minimum absolute atomic E-state index is 0.514. The molecule has 2 nitrogen and oxygen atoms in total. The lowest BCUT2D eigenvalue weighted by atomic mass is 9.98. The van der Waals surface area contributed by atoms with E-state index < -0.39 is 0 Å². The minimum atomic E-state index is 0.514.